The molecule has 0 saturated carbocycles. The molecule has 0 radical (unpaired) electrons. The van der Waals surface area contributed by atoms with Crippen molar-refractivity contribution in [3.05, 3.63) is 83.2 Å². The molecular formula is C23H18ClN3O4. The summed E-state index contributed by atoms with van der Waals surface area (Å²) in [5, 5.41) is 2.83. The Balaban J connectivity index is 1.69. The Morgan fingerprint density at radius 2 is 1.65 bits per heavy atom. The van der Waals surface area contributed by atoms with Crippen molar-refractivity contribution in [2.45, 2.75) is 6.92 Å². The fourth-order valence-corrected chi connectivity index (χ4v) is 3.37. The quantitative estimate of drug-likeness (QED) is 0.481. The van der Waals surface area contributed by atoms with Crippen LogP contribution in [-0.4, -0.2) is 29.0 Å². The smallest absolute Gasteiger partial charge is 0.335 e. The largest absolute Gasteiger partial charge is 0.494 e. The first-order valence-electron chi connectivity index (χ1n) is 9.55. The minimum atomic E-state index is -0.801. The van der Waals surface area contributed by atoms with E-state index in [0.717, 1.165) is 10.6 Å². The lowest BCUT2D eigenvalue weighted by Crippen LogP contribution is -2.54. The van der Waals surface area contributed by atoms with Gasteiger partial charge in [-0.05, 0) is 73.7 Å². The van der Waals surface area contributed by atoms with E-state index in [4.69, 9.17) is 16.3 Å². The topological polar surface area (TPSA) is 80.6 Å². The Morgan fingerprint density at radius 1 is 0.968 bits per heavy atom. The van der Waals surface area contributed by atoms with Gasteiger partial charge in [-0.2, -0.15) is 0 Å². The Bertz CT molecular complexity index is 1180. The van der Waals surface area contributed by atoms with Gasteiger partial charge in [0.2, 0.25) is 0 Å². The molecule has 0 bridgehead atoms. The number of urea groups is 1. The Morgan fingerprint density at radius 3 is 2.32 bits per heavy atom. The van der Waals surface area contributed by atoms with E-state index in [2.05, 4.69) is 5.32 Å². The molecule has 1 aliphatic rings. The Hall–Kier alpha value is -3.84. The summed E-state index contributed by atoms with van der Waals surface area (Å²) in [5.41, 5.74) is 1.59. The first kappa shape index (κ1) is 20.4. The van der Waals surface area contributed by atoms with Crippen molar-refractivity contribution in [1.29, 1.82) is 0 Å². The zero-order valence-corrected chi connectivity index (χ0v) is 17.3. The number of hydrogen-bond donors (Lipinski definition) is 1. The zero-order chi connectivity index (χ0) is 22.0. The van der Waals surface area contributed by atoms with Crippen LogP contribution in [-0.2, 0) is 9.59 Å². The molecule has 1 saturated heterocycles. The van der Waals surface area contributed by atoms with Gasteiger partial charge in [0, 0.05) is 22.6 Å². The summed E-state index contributed by atoms with van der Waals surface area (Å²) in [6.45, 7) is 2.36. The van der Waals surface area contributed by atoms with Crippen molar-refractivity contribution in [2.75, 3.05) is 11.5 Å². The number of anilines is 1. The second-order valence-corrected chi connectivity index (χ2v) is 7.10. The van der Waals surface area contributed by atoms with E-state index in [9.17, 15) is 14.4 Å². The molecule has 31 heavy (non-hydrogen) atoms. The second-order valence-electron chi connectivity index (χ2n) is 6.66. The molecule has 0 aliphatic carbocycles. The zero-order valence-electron chi connectivity index (χ0n) is 16.5. The summed E-state index contributed by atoms with van der Waals surface area (Å²) in [6.07, 6.45) is 3.26. The first-order chi connectivity index (χ1) is 15.0. The fourth-order valence-electron chi connectivity index (χ4n) is 3.25. The highest BCUT2D eigenvalue weighted by molar-refractivity contribution is 6.39. The number of rotatable bonds is 5. The SMILES string of the molecule is CCOc1ccc(N2C(=O)NC(=O)/C(=C\c3cccn3-c3ccc(Cl)cc3)C2=O)cc1. The highest BCUT2D eigenvalue weighted by Crippen LogP contribution is 2.25. The summed E-state index contributed by atoms with van der Waals surface area (Å²) in [4.78, 5) is 38.9. The van der Waals surface area contributed by atoms with Crippen molar-refractivity contribution in [3.63, 3.8) is 0 Å². The molecule has 1 aromatic heterocycles. The van der Waals surface area contributed by atoms with Gasteiger partial charge in [-0.3, -0.25) is 14.9 Å². The number of nitrogens with zero attached hydrogens (tertiary/aromatic N) is 2. The fraction of sp³-hybridized carbons (Fsp3) is 0.0870. The second kappa shape index (κ2) is 8.49. The average molecular weight is 436 g/mol. The standard InChI is InChI=1S/C23H18ClN3O4/c1-2-31-19-11-9-17(10-12-19)27-22(29)20(21(28)25-23(27)30)14-18-4-3-13-26(18)16-7-5-15(24)6-8-16/h3-14H,2H2,1H3,(H,25,28,30)/b20-14+. The molecule has 4 amide bonds. The normalized spacial score (nSPS) is 15.4. The summed E-state index contributed by atoms with van der Waals surface area (Å²) < 4.78 is 7.20. The predicted octanol–water partition coefficient (Wildman–Crippen LogP) is 4.20. The Kier molecular flexibility index (Phi) is 5.60. The molecule has 0 unspecified atom stereocenters. The summed E-state index contributed by atoms with van der Waals surface area (Å²) in [5.74, 6) is -0.841. The minimum absolute atomic E-state index is 0.151. The van der Waals surface area contributed by atoms with E-state index in [-0.39, 0.29) is 5.57 Å². The minimum Gasteiger partial charge on any atom is -0.494 e. The number of aromatic nitrogens is 1. The summed E-state index contributed by atoms with van der Waals surface area (Å²) in [6, 6.07) is 16.4. The van der Waals surface area contributed by atoms with Crippen molar-refractivity contribution >= 4 is 41.2 Å². The van der Waals surface area contributed by atoms with Crippen LogP contribution < -0.4 is 15.0 Å². The molecule has 0 atom stereocenters. The number of amides is 4. The van der Waals surface area contributed by atoms with Crippen LogP contribution in [0, 0.1) is 0 Å². The van der Waals surface area contributed by atoms with Crippen molar-refractivity contribution in [2.24, 2.45) is 0 Å². The molecule has 3 aromatic rings. The monoisotopic (exact) mass is 435 g/mol. The van der Waals surface area contributed by atoms with Crippen LogP contribution in [0.25, 0.3) is 11.8 Å². The molecule has 1 N–H and O–H groups in total. The lowest BCUT2D eigenvalue weighted by molar-refractivity contribution is -0.122. The number of benzene rings is 2. The third-order valence-electron chi connectivity index (χ3n) is 4.68. The van der Waals surface area contributed by atoms with Crippen LogP contribution >= 0.6 is 11.6 Å². The van der Waals surface area contributed by atoms with Crippen molar-refractivity contribution in [3.8, 4) is 11.4 Å². The van der Waals surface area contributed by atoms with Gasteiger partial charge in [0.1, 0.15) is 11.3 Å². The third-order valence-corrected chi connectivity index (χ3v) is 4.94. The van der Waals surface area contributed by atoms with E-state index in [1.807, 2.05) is 23.6 Å². The number of carbonyl (C=O) groups excluding carboxylic acids is 3. The maximum atomic E-state index is 13.1. The molecule has 2 aromatic carbocycles. The van der Waals surface area contributed by atoms with Gasteiger partial charge in [0.15, 0.2) is 0 Å². The lowest BCUT2D eigenvalue weighted by Gasteiger charge is -2.26. The number of ether oxygens (including phenoxy) is 1. The maximum Gasteiger partial charge on any atom is 0.335 e. The number of hydrogen-bond acceptors (Lipinski definition) is 4. The van der Waals surface area contributed by atoms with Crippen molar-refractivity contribution in [1.82, 2.24) is 9.88 Å². The molecule has 156 valence electrons. The van der Waals surface area contributed by atoms with Gasteiger partial charge in [-0.15, -0.1) is 0 Å². The van der Waals surface area contributed by atoms with Crippen LogP contribution in [0.3, 0.4) is 0 Å². The molecule has 4 rings (SSSR count). The molecule has 2 heterocycles. The van der Waals surface area contributed by atoms with Gasteiger partial charge in [-0.1, -0.05) is 11.6 Å². The third kappa shape index (κ3) is 4.08. The van der Waals surface area contributed by atoms with Crippen LogP contribution in [0.15, 0.2) is 72.4 Å². The number of imide groups is 2. The van der Waals surface area contributed by atoms with Crippen LogP contribution in [0.2, 0.25) is 5.02 Å². The van der Waals surface area contributed by atoms with E-state index in [1.54, 1.807) is 54.7 Å². The highest BCUT2D eigenvalue weighted by Gasteiger charge is 2.37. The molecular weight excluding hydrogens is 418 g/mol. The van der Waals surface area contributed by atoms with Gasteiger partial charge < -0.3 is 9.30 Å². The van der Waals surface area contributed by atoms with Gasteiger partial charge in [0.25, 0.3) is 11.8 Å². The molecule has 1 fully saturated rings. The number of nitrogens with one attached hydrogen (secondary N) is 1. The lowest BCUT2D eigenvalue weighted by atomic mass is 10.1. The number of barbiturate groups is 1. The van der Waals surface area contributed by atoms with Gasteiger partial charge in [0.05, 0.1) is 12.3 Å². The van der Waals surface area contributed by atoms with E-state index < -0.39 is 17.8 Å². The molecule has 1 aliphatic heterocycles. The average Bonchev–Trinajstić information content (AvgIpc) is 3.21. The Labute approximate surface area is 183 Å². The summed E-state index contributed by atoms with van der Waals surface area (Å²) in [7, 11) is 0. The maximum absolute atomic E-state index is 13.1. The van der Waals surface area contributed by atoms with Gasteiger partial charge >= 0.3 is 6.03 Å². The number of halogens is 1. The molecule has 0 spiro atoms. The van der Waals surface area contributed by atoms with Crippen LogP contribution in [0.5, 0.6) is 5.75 Å². The highest BCUT2D eigenvalue weighted by atomic mass is 35.5. The summed E-state index contributed by atoms with van der Waals surface area (Å²) >= 11 is 5.96. The number of carbonyl (C=O) groups is 3. The predicted molar refractivity (Wildman–Crippen MR) is 117 cm³/mol. The van der Waals surface area contributed by atoms with Crippen LogP contribution in [0.4, 0.5) is 10.5 Å². The van der Waals surface area contributed by atoms with E-state index >= 15 is 0 Å². The van der Waals surface area contributed by atoms with E-state index in [0.29, 0.717) is 28.8 Å². The molecule has 8 heteroatoms. The van der Waals surface area contributed by atoms with Crippen LogP contribution in [0.1, 0.15) is 12.6 Å². The van der Waals surface area contributed by atoms with E-state index in [1.165, 1.54) is 6.08 Å². The van der Waals surface area contributed by atoms with Gasteiger partial charge in [-0.25, -0.2) is 9.69 Å². The molecule has 7 nitrogen and oxygen atoms in total. The van der Waals surface area contributed by atoms with Crippen molar-refractivity contribution < 1.29 is 19.1 Å². The first-order valence-corrected chi connectivity index (χ1v) is 9.93.